The smallest absolute Gasteiger partial charge is 0.294 e. The van der Waals surface area contributed by atoms with E-state index in [2.05, 4.69) is 77.6 Å². The number of aromatic amines is 1. The summed E-state index contributed by atoms with van der Waals surface area (Å²) in [6.07, 6.45) is 6.62. The minimum absolute atomic E-state index is 0.0695. The molecule has 3 heterocycles. The van der Waals surface area contributed by atoms with Gasteiger partial charge in [-0.2, -0.15) is 0 Å². The van der Waals surface area contributed by atoms with E-state index in [0.717, 1.165) is 52.9 Å². The van der Waals surface area contributed by atoms with Gasteiger partial charge < -0.3 is 0 Å². The van der Waals surface area contributed by atoms with Gasteiger partial charge in [0.1, 0.15) is 0 Å². The van der Waals surface area contributed by atoms with E-state index >= 15 is 0 Å². The highest BCUT2D eigenvalue weighted by Crippen LogP contribution is 2.29. The topological polar surface area (TPSA) is 94.3 Å². The third-order valence-electron chi connectivity index (χ3n) is 5.85. The number of imidazole rings is 1. The molecule has 8 heteroatoms. The molecule has 8 nitrogen and oxygen atoms in total. The molecule has 0 amide bonds. The lowest BCUT2D eigenvalue weighted by atomic mass is 10.0. The summed E-state index contributed by atoms with van der Waals surface area (Å²) in [6.45, 7) is 8.93. The molecule has 0 fully saturated rings. The molecule has 0 unspecified atom stereocenters. The van der Waals surface area contributed by atoms with Crippen LogP contribution in [0.25, 0.3) is 22.5 Å². The molecular weight excluding hydrogens is 402 g/mol. The first-order chi connectivity index (χ1) is 15.5. The number of hydrogen-bond acceptors (Lipinski definition) is 5. The average Bonchev–Trinajstić information content (AvgIpc) is 3.40. The summed E-state index contributed by atoms with van der Waals surface area (Å²) in [5.41, 5.74) is 6.22. The highest BCUT2D eigenvalue weighted by Gasteiger charge is 2.18. The second kappa shape index (κ2) is 9.30. The predicted octanol–water partition coefficient (Wildman–Crippen LogP) is 4.17. The Hall–Kier alpha value is -3.55. The maximum Gasteiger partial charge on any atom is 0.329 e. The zero-order valence-corrected chi connectivity index (χ0v) is 19.0. The number of pyridine rings is 1. The third-order valence-corrected chi connectivity index (χ3v) is 5.85. The Bertz CT molecular complexity index is 1230. The molecule has 1 aromatic carbocycles. The molecule has 0 atom stereocenters. The highest BCUT2D eigenvalue weighted by atomic mass is 16.1. The van der Waals surface area contributed by atoms with E-state index in [4.69, 9.17) is 0 Å². The quantitative estimate of drug-likeness (QED) is 0.452. The summed E-state index contributed by atoms with van der Waals surface area (Å²) < 4.78 is 3.85. The Morgan fingerprint density at radius 3 is 2.53 bits per heavy atom. The van der Waals surface area contributed by atoms with Gasteiger partial charge in [0.15, 0.2) is 5.82 Å². The largest absolute Gasteiger partial charge is 0.329 e. The number of nitrogens with one attached hydrogen (secondary N) is 1. The van der Waals surface area contributed by atoms with Crippen molar-refractivity contribution >= 4 is 0 Å². The zero-order chi connectivity index (χ0) is 22.7. The van der Waals surface area contributed by atoms with E-state index in [1.807, 2.05) is 21.4 Å². The van der Waals surface area contributed by atoms with Gasteiger partial charge in [-0.15, -0.1) is 5.10 Å². The lowest BCUT2D eigenvalue weighted by Crippen LogP contribution is -2.27. The standard InChI is InChI=1S/C24H29N7O/c1-5-6-7-22-17(4)31(16(2)3)24(32)30(22)15-18-8-10-19(11-9-18)21-14-25-13-12-20(21)23-26-28-29-27-23/h8-14,16H,5-7,15H2,1-4H3,(H,26,27,28,29). The van der Waals surface area contributed by atoms with Crippen molar-refractivity contribution in [3.05, 3.63) is 70.2 Å². The van der Waals surface area contributed by atoms with Crippen molar-refractivity contribution in [3.63, 3.8) is 0 Å². The van der Waals surface area contributed by atoms with Gasteiger partial charge in [0.25, 0.3) is 0 Å². The molecule has 0 bridgehead atoms. The number of H-pyrrole nitrogens is 1. The molecule has 32 heavy (non-hydrogen) atoms. The van der Waals surface area contributed by atoms with E-state index in [-0.39, 0.29) is 11.7 Å². The van der Waals surface area contributed by atoms with Crippen LogP contribution in [0.3, 0.4) is 0 Å². The Morgan fingerprint density at radius 2 is 1.88 bits per heavy atom. The van der Waals surface area contributed by atoms with Gasteiger partial charge >= 0.3 is 5.69 Å². The van der Waals surface area contributed by atoms with Crippen LogP contribution in [0.4, 0.5) is 0 Å². The van der Waals surface area contributed by atoms with Gasteiger partial charge in [0, 0.05) is 41.0 Å². The molecule has 0 radical (unpaired) electrons. The number of nitrogens with zero attached hydrogens (tertiary/aromatic N) is 6. The van der Waals surface area contributed by atoms with Gasteiger partial charge in [0.05, 0.1) is 6.54 Å². The minimum atomic E-state index is 0.0695. The van der Waals surface area contributed by atoms with E-state index in [0.29, 0.717) is 12.4 Å². The fourth-order valence-electron chi connectivity index (χ4n) is 4.23. The van der Waals surface area contributed by atoms with Gasteiger partial charge in [-0.3, -0.25) is 14.1 Å². The lowest BCUT2D eigenvalue weighted by Gasteiger charge is -2.10. The molecule has 1 N–H and O–H groups in total. The number of benzene rings is 1. The predicted molar refractivity (Wildman–Crippen MR) is 124 cm³/mol. The Labute approximate surface area is 187 Å². The van der Waals surface area contributed by atoms with Crippen molar-refractivity contribution in [1.29, 1.82) is 0 Å². The average molecular weight is 432 g/mol. The molecule has 3 aromatic heterocycles. The van der Waals surface area contributed by atoms with Crippen LogP contribution in [0.15, 0.2) is 47.5 Å². The van der Waals surface area contributed by atoms with Gasteiger partial charge in [-0.1, -0.05) is 37.6 Å². The fraction of sp³-hybridized carbons (Fsp3) is 0.375. The Balaban J connectivity index is 1.66. The first-order valence-corrected chi connectivity index (χ1v) is 11.1. The monoisotopic (exact) mass is 431 g/mol. The molecule has 0 aliphatic rings. The Morgan fingerprint density at radius 1 is 1.09 bits per heavy atom. The summed E-state index contributed by atoms with van der Waals surface area (Å²) in [5.74, 6) is 0.601. The van der Waals surface area contributed by atoms with Crippen molar-refractivity contribution in [2.24, 2.45) is 0 Å². The maximum atomic E-state index is 13.2. The summed E-state index contributed by atoms with van der Waals surface area (Å²) >= 11 is 0. The van der Waals surface area contributed by atoms with Crippen molar-refractivity contribution in [2.75, 3.05) is 0 Å². The van der Waals surface area contributed by atoms with Crippen LogP contribution >= 0.6 is 0 Å². The SMILES string of the molecule is CCCCc1c(C)n(C(C)C)c(=O)n1Cc1ccc(-c2cnccc2-c2nnn[nH]2)cc1. The van der Waals surface area contributed by atoms with E-state index in [1.165, 1.54) is 0 Å². The van der Waals surface area contributed by atoms with Crippen LogP contribution in [0.2, 0.25) is 0 Å². The van der Waals surface area contributed by atoms with E-state index in [9.17, 15) is 4.79 Å². The molecule has 0 spiro atoms. The molecule has 166 valence electrons. The van der Waals surface area contributed by atoms with Crippen LogP contribution in [0.1, 0.15) is 56.6 Å². The molecule has 0 aliphatic heterocycles. The summed E-state index contributed by atoms with van der Waals surface area (Å²) in [4.78, 5) is 17.5. The third kappa shape index (κ3) is 4.12. The number of hydrogen-bond donors (Lipinski definition) is 1. The van der Waals surface area contributed by atoms with E-state index in [1.54, 1.807) is 6.20 Å². The maximum absolute atomic E-state index is 13.2. The second-order valence-electron chi connectivity index (χ2n) is 8.34. The minimum Gasteiger partial charge on any atom is -0.294 e. The van der Waals surface area contributed by atoms with Crippen LogP contribution < -0.4 is 5.69 Å². The lowest BCUT2D eigenvalue weighted by molar-refractivity contribution is 0.550. The molecular formula is C24H29N7O. The number of unbranched alkanes of at least 4 members (excludes halogenated alkanes) is 1. The van der Waals surface area contributed by atoms with Gasteiger partial charge in [-0.25, -0.2) is 9.89 Å². The summed E-state index contributed by atoms with van der Waals surface area (Å²) in [5, 5.41) is 14.2. The van der Waals surface area contributed by atoms with E-state index < -0.39 is 0 Å². The molecule has 4 rings (SSSR count). The molecule has 0 saturated carbocycles. The first-order valence-electron chi connectivity index (χ1n) is 11.1. The van der Waals surface area contributed by atoms with Crippen LogP contribution in [-0.4, -0.2) is 34.7 Å². The van der Waals surface area contributed by atoms with Crippen molar-refractivity contribution < 1.29 is 0 Å². The van der Waals surface area contributed by atoms with Crippen molar-refractivity contribution in [1.82, 2.24) is 34.7 Å². The molecule has 0 aliphatic carbocycles. The van der Waals surface area contributed by atoms with Crippen LogP contribution in [0.5, 0.6) is 0 Å². The number of rotatable bonds is 8. The Kier molecular flexibility index (Phi) is 6.30. The van der Waals surface area contributed by atoms with Crippen LogP contribution in [0, 0.1) is 6.92 Å². The first kappa shape index (κ1) is 21.7. The molecule has 4 aromatic rings. The van der Waals surface area contributed by atoms with Gasteiger partial charge in [-0.05, 0) is 61.2 Å². The summed E-state index contributed by atoms with van der Waals surface area (Å²) in [7, 11) is 0. The van der Waals surface area contributed by atoms with Gasteiger partial charge in [0.2, 0.25) is 0 Å². The summed E-state index contributed by atoms with van der Waals surface area (Å²) in [6, 6.07) is 10.3. The van der Waals surface area contributed by atoms with Crippen LogP contribution in [-0.2, 0) is 13.0 Å². The normalized spacial score (nSPS) is 11.4. The fourth-order valence-corrected chi connectivity index (χ4v) is 4.23. The van der Waals surface area contributed by atoms with Crippen molar-refractivity contribution in [3.8, 4) is 22.5 Å². The molecule has 0 saturated heterocycles. The zero-order valence-electron chi connectivity index (χ0n) is 19.0. The van der Waals surface area contributed by atoms with Crippen molar-refractivity contribution in [2.45, 2.75) is 59.5 Å². The second-order valence-corrected chi connectivity index (χ2v) is 8.34. The number of tetrazole rings is 1. The number of aromatic nitrogens is 7. The highest BCUT2D eigenvalue weighted by molar-refractivity contribution is 5.79.